The van der Waals surface area contributed by atoms with Gasteiger partial charge >= 0.3 is 0 Å². The van der Waals surface area contributed by atoms with Crippen LogP contribution in [0.2, 0.25) is 0 Å². The summed E-state index contributed by atoms with van der Waals surface area (Å²) in [7, 11) is 1.55. The van der Waals surface area contributed by atoms with Gasteiger partial charge in [0.25, 0.3) is 0 Å². The van der Waals surface area contributed by atoms with E-state index in [0.717, 1.165) is 51.2 Å². The maximum atomic E-state index is 12.0. The van der Waals surface area contributed by atoms with E-state index in [-0.39, 0.29) is 12.5 Å². The van der Waals surface area contributed by atoms with Gasteiger partial charge in [0.15, 0.2) is 5.13 Å². The summed E-state index contributed by atoms with van der Waals surface area (Å²) >= 11 is 1.52. The van der Waals surface area contributed by atoms with Gasteiger partial charge in [0, 0.05) is 56.4 Å². The number of benzene rings is 1. The lowest BCUT2D eigenvalue weighted by atomic mass is 10.2. The molecule has 10 heteroatoms. The minimum absolute atomic E-state index is 0.0444. The van der Waals surface area contributed by atoms with Crippen LogP contribution >= 0.6 is 11.3 Å². The normalized spacial score (nSPS) is 14.2. The second-order valence-electron chi connectivity index (χ2n) is 7.50. The van der Waals surface area contributed by atoms with Gasteiger partial charge in [-0.05, 0) is 30.3 Å². The summed E-state index contributed by atoms with van der Waals surface area (Å²) in [5.74, 6) is 0.0444. The Morgan fingerprint density at radius 1 is 1.19 bits per heavy atom. The molecule has 0 aliphatic carbocycles. The van der Waals surface area contributed by atoms with E-state index in [2.05, 4.69) is 37.5 Å². The highest BCUT2D eigenvalue weighted by molar-refractivity contribution is 7.21. The molecular weight excluding hydrogens is 426 g/mol. The van der Waals surface area contributed by atoms with Crippen LogP contribution in [0.15, 0.2) is 48.8 Å². The van der Waals surface area contributed by atoms with Gasteiger partial charge in [0.05, 0.1) is 11.9 Å². The van der Waals surface area contributed by atoms with Crippen LogP contribution in [0.3, 0.4) is 0 Å². The molecule has 1 amide bonds. The number of rotatable bonds is 6. The molecule has 0 bridgehead atoms. The zero-order valence-electron chi connectivity index (χ0n) is 17.6. The molecule has 1 aliphatic heterocycles. The largest absolute Gasteiger partial charge is 0.375 e. The van der Waals surface area contributed by atoms with Crippen LogP contribution in [-0.4, -0.2) is 70.9 Å². The molecule has 1 fully saturated rings. The van der Waals surface area contributed by atoms with Crippen molar-refractivity contribution in [1.29, 1.82) is 0 Å². The Morgan fingerprint density at radius 2 is 2.06 bits per heavy atom. The molecule has 1 aromatic carbocycles. The molecule has 164 valence electrons. The fourth-order valence-electron chi connectivity index (χ4n) is 3.75. The Balaban J connectivity index is 1.28. The quantitative estimate of drug-likeness (QED) is 0.467. The molecule has 4 heterocycles. The van der Waals surface area contributed by atoms with E-state index in [4.69, 9.17) is 9.72 Å². The number of methoxy groups -OCH3 is 1. The van der Waals surface area contributed by atoms with Gasteiger partial charge < -0.3 is 19.9 Å². The van der Waals surface area contributed by atoms with Crippen LogP contribution < -0.4 is 10.2 Å². The number of amides is 1. The molecule has 32 heavy (non-hydrogen) atoms. The van der Waals surface area contributed by atoms with Gasteiger partial charge in [-0.25, -0.2) is 9.97 Å². The zero-order valence-corrected chi connectivity index (χ0v) is 18.4. The first-order valence-electron chi connectivity index (χ1n) is 10.3. The van der Waals surface area contributed by atoms with Crippen molar-refractivity contribution in [2.75, 3.05) is 50.1 Å². The van der Waals surface area contributed by atoms with Crippen LogP contribution in [0.5, 0.6) is 0 Å². The second-order valence-corrected chi connectivity index (χ2v) is 8.48. The molecule has 0 spiro atoms. The number of piperazine rings is 1. The lowest BCUT2D eigenvalue weighted by Crippen LogP contribution is -2.49. The maximum Gasteiger partial charge on any atom is 0.248 e. The second kappa shape index (κ2) is 8.93. The molecule has 1 saturated heterocycles. The van der Waals surface area contributed by atoms with Gasteiger partial charge in [-0.1, -0.05) is 17.4 Å². The maximum absolute atomic E-state index is 12.0. The lowest BCUT2D eigenvalue weighted by molar-refractivity contribution is -0.135. The van der Waals surface area contributed by atoms with Crippen molar-refractivity contribution in [2.45, 2.75) is 0 Å². The molecule has 0 saturated carbocycles. The van der Waals surface area contributed by atoms with Crippen molar-refractivity contribution in [3.8, 4) is 11.3 Å². The molecule has 0 radical (unpaired) electrons. The summed E-state index contributed by atoms with van der Waals surface area (Å²) < 4.78 is 4.96. The predicted molar refractivity (Wildman–Crippen MR) is 125 cm³/mol. The van der Waals surface area contributed by atoms with E-state index in [0.29, 0.717) is 13.1 Å². The fourth-order valence-corrected chi connectivity index (χ4v) is 4.61. The van der Waals surface area contributed by atoms with Crippen molar-refractivity contribution in [3.63, 3.8) is 0 Å². The van der Waals surface area contributed by atoms with Crippen molar-refractivity contribution in [2.24, 2.45) is 0 Å². The number of carbonyl (C=O) groups excluding carboxylic acids is 1. The lowest BCUT2D eigenvalue weighted by Gasteiger charge is -2.36. The van der Waals surface area contributed by atoms with Crippen LogP contribution in [0.1, 0.15) is 0 Å². The Labute approximate surface area is 189 Å². The first kappa shape index (κ1) is 20.4. The number of hydrogen-bond donors (Lipinski definition) is 2. The van der Waals surface area contributed by atoms with Crippen LogP contribution in [0.4, 0.5) is 16.5 Å². The highest BCUT2D eigenvalue weighted by Crippen LogP contribution is 2.30. The van der Waals surface area contributed by atoms with Crippen molar-refractivity contribution in [3.05, 3.63) is 48.8 Å². The minimum Gasteiger partial charge on any atom is -0.375 e. The number of nitrogens with one attached hydrogen (secondary N) is 2. The molecule has 1 aliphatic rings. The highest BCUT2D eigenvalue weighted by Gasteiger charge is 2.21. The third kappa shape index (κ3) is 4.27. The minimum atomic E-state index is 0.0444. The highest BCUT2D eigenvalue weighted by atomic mass is 32.1. The molecule has 4 aromatic rings. The van der Waals surface area contributed by atoms with E-state index in [1.54, 1.807) is 13.3 Å². The number of carbonyl (C=O) groups is 1. The Kier molecular flexibility index (Phi) is 5.70. The summed E-state index contributed by atoms with van der Waals surface area (Å²) in [6.07, 6.45) is 3.58. The number of aromatic amines is 1. The average Bonchev–Trinajstić information content (AvgIpc) is 3.49. The van der Waals surface area contributed by atoms with E-state index in [1.807, 2.05) is 35.4 Å². The third-order valence-corrected chi connectivity index (χ3v) is 6.29. The number of pyridine rings is 1. The van der Waals surface area contributed by atoms with E-state index >= 15 is 0 Å². The average molecular weight is 450 g/mol. The summed E-state index contributed by atoms with van der Waals surface area (Å²) in [6, 6.07) is 12.2. The number of ether oxygens (including phenoxy) is 1. The molecular formula is C22H23N7O2S. The first-order valence-corrected chi connectivity index (χ1v) is 11.2. The number of aromatic nitrogens is 4. The van der Waals surface area contributed by atoms with Crippen LogP contribution in [0, 0.1) is 0 Å². The van der Waals surface area contributed by atoms with Gasteiger partial charge in [-0.15, -0.1) is 0 Å². The number of hydrogen-bond acceptors (Lipinski definition) is 8. The van der Waals surface area contributed by atoms with E-state index < -0.39 is 0 Å². The van der Waals surface area contributed by atoms with Gasteiger partial charge in [0.1, 0.15) is 17.0 Å². The Bertz CT molecular complexity index is 1220. The fraction of sp³-hybridized carbons (Fsp3) is 0.273. The molecule has 9 nitrogen and oxygen atoms in total. The standard InChI is InChI=1S/C22H23N7O2S/c1-31-14-20(30)29-9-7-28(8-10-29)17-4-2-3-16(11-17)25-22-27-19-6-5-18(26-21(19)32-22)15-12-23-24-13-15/h2-6,11-13H,7-10,14H2,1H3,(H,23,24)(H,25,27). The van der Waals surface area contributed by atoms with Crippen LogP contribution in [0.25, 0.3) is 21.6 Å². The number of nitrogens with zero attached hydrogens (tertiary/aromatic N) is 5. The summed E-state index contributed by atoms with van der Waals surface area (Å²) in [4.78, 5) is 26.4. The number of thiazole rings is 1. The summed E-state index contributed by atoms with van der Waals surface area (Å²) in [6.45, 7) is 3.12. The third-order valence-electron chi connectivity index (χ3n) is 5.41. The summed E-state index contributed by atoms with van der Waals surface area (Å²) in [5, 5.41) is 11.0. The van der Waals surface area contributed by atoms with Gasteiger partial charge in [-0.3, -0.25) is 9.89 Å². The Hall–Kier alpha value is -3.50. The van der Waals surface area contributed by atoms with Gasteiger partial charge in [0.2, 0.25) is 5.91 Å². The predicted octanol–water partition coefficient (Wildman–Crippen LogP) is 3.12. The van der Waals surface area contributed by atoms with Gasteiger partial charge in [-0.2, -0.15) is 5.10 Å². The Morgan fingerprint density at radius 3 is 2.84 bits per heavy atom. The van der Waals surface area contributed by atoms with Crippen molar-refractivity contribution in [1.82, 2.24) is 25.1 Å². The monoisotopic (exact) mass is 449 g/mol. The van der Waals surface area contributed by atoms with Crippen LogP contribution in [-0.2, 0) is 9.53 Å². The first-order chi connectivity index (χ1) is 15.7. The van der Waals surface area contributed by atoms with Crippen molar-refractivity contribution < 1.29 is 9.53 Å². The SMILES string of the molecule is COCC(=O)N1CCN(c2cccc(Nc3nc4ccc(-c5cn[nH]c5)nc4s3)c2)CC1. The summed E-state index contributed by atoms with van der Waals surface area (Å²) in [5.41, 5.74) is 4.76. The molecule has 2 N–H and O–H groups in total. The topological polar surface area (TPSA) is 99.3 Å². The number of fused-ring (bicyclic) bond motifs is 1. The number of anilines is 3. The smallest absolute Gasteiger partial charge is 0.248 e. The number of H-pyrrole nitrogens is 1. The van der Waals surface area contributed by atoms with E-state index in [9.17, 15) is 4.79 Å². The molecule has 0 atom stereocenters. The van der Waals surface area contributed by atoms with Crippen molar-refractivity contribution >= 4 is 44.1 Å². The molecule has 3 aromatic heterocycles. The van der Waals surface area contributed by atoms with E-state index in [1.165, 1.54) is 11.3 Å². The molecule has 5 rings (SSSR count). The molecule has 0 unspecified atom stereocenters. The zero-order chi connectivity index (χ0) is 21.9.